The molecule has 1 atom stereocenters. The number of rotatable bonds is 7. The normalized spacial score (nSPS) is 13.7. The van der Waals surface area contributed by atoms with Crippen LogP contribution in [-0.4, -0.2) is 30.2 Å². The lowest BCUT2D eigenvalue weighted by Crippen LogP contribution is -2.47. The van der Waals surface area contributed by atoms with E-state index in [1.807, 2.05) is 20.8 Å². The van der Waals surface area contributed by atoms with E-state index < -0.39 is 11.5 Å². The fraction of sp³-hybridized carbons (Fsp3) is 0.909. The number of hydrogen-bond donors (Lipinski definition) is 3. The summed E-state index contributed by atoms with van der Waals surface area (Å²) in [6.07, 6.45) is 1.65. The Kier molecular flexibility index (Phi) is 6.52. The van der Waals surface area contributed by atoms with E-state index in [4.69, 9.17) is 5.73 Å². The van der Waals surface area contributed by atoms with E-state index in [1.54, 1.807) is 0 Å². The van der Waals surface area contributed by atoms with Crippen molar-refractivity contribution in [2.24, 2.45) is 11.1 Å². The molecule has 0 aromatic heterocycles. The Labute approximate surface area is 92.2 Å². The van der Waals surface area contributed by atoms with Crippen LogP contribution in [0, 0.1) is 5.41 Å². The second-order valence-corrected chi connectivity index (χ2v) is 3.96. The van der Waals surface area contributed by atoms with E-state index in [9.17, 15) is 9.90 Å². The van der Waals surface area contributed by atoms with Crippen LogP contribution in [0.2, 0.25) is 0 Å². The Hall–Kier alpha value is -0.610. The first-order valence-electron chi connectivity index (χ1n) is 5.72. The summed E-state index contributed by atoms with van der Waals surface area (Å²) in [5, 5.41) is 12.1. The Bertz CT molecular complexity index is 183. The number of hydrogen-bond acceptors (Lipinski definition) is 3. The fourth-order valence-corrected chi connectivity index (χ4v) is 1.49. The molecule has 4 N–H and O–H groups in total. The molecule has 4 heteroatoms. The molecule has 15 heavy (non-hydrogen) atoms. The summed E-state index contributed by atoms with van der Waals surface area (Å²) >= 11 is 0. The zero-order chi connectivity index (χ0) is 11.9. The van der Waals surface area contributed by atoms with Crippen LogP contribution >= 0.6 is 0 Å². The number of aliphatic hydroxyl groups excluding tert-OH is 1. The van der Waals surface area contributed by atoms with Crippen LogP contribution in [0.1, 0.15) is 40.0 Å². The highest BCUT2D eigenvalue weighted by molar-refractivity contribution is 5.82. The highest BCUT2D eigenvalue weighted by Gasteiger charge is 2.33. The van der Waals surface area contributed by atoms with Gasteiger partial charge < -0.3 is 16.2 Å². The largest absolute Gasteiger partial charge is 0.391 e. The van der Waals surface area contributed by atoms with Crippen LogP contribution < -0.4 is 11.1 Å². The summed E-state index contributed by atoms with van der Waals surface area (Å²) < 4.78 is 0. The van der Waals surface area contributed by atoms with Crippen LogP contribution in [0.15, 0.2) is 0 Å². The molecule has 0 aromatic rings. The number of nitrogens with two attached hydrogens (primary N) is 1. The summed E-state index contributed by atoms with van der Waals surface area (Å²) in [5.41, 5.74) is 5.18. The minimum Gasteiger partial charge on any atom is -0.391 e. The number of carbonyl (C=O) groups excluding carboxylic acids is 1. The molecule has 0 fully saturated rings. The second kappa shape index (κ2) is 6.80. The summed E-state index contributed by atoms with van der Waals surface area (Å²) in [5.74, 6) is -0.0394. The third-order valence-electron chi connectivity index (χ3n) is 3.20. The average Bonchev–Trinajstić information content (AvgIpc) is 2.28. The molecule has 0 aliphatic heterocycles. The molecular weight excluding hydrogens is 192 g/mol. The van der Waals surface area contributed by atoms with Gasteiger partial charge in [-0.1, -0.05) is 20.8 Å². The van der Waals surface area contributed by atoms with Gasteiger partial charge in [-0.15, -0.1) is 0 Å². The molecule has 0 spiro atoms. The highest BCUT2D eigenvalue weighted by Crippen LogP contribution is 2.24. The lowest BCUT2D eigenvalue weighted by atomic mass is 9.81. The molecule has 0 rings (SSSR count). The molecule has 1 unspecified atom stereocenters. The molecule has 0 bridgehead atoms. The van der Waals surface area contributed by atoms with Crippen molar-refractivity contribution in [3.05, 3.63) is 0 Å². The molecule has 1 amide bonds. The van der Waals surface area contributed by atoms with Gasteiger partial charge >= 0.3 is 0 Å². The highest BCUT2D eigenvalue weighted by atomic mass is 16.3. The zero-order valence-electron chi connectivity index (χ0n) is 10.0. The van der Waals surface area contributed by atoms with Gasteiger partial charge in [-0.3, -0.25) is 4.79 Å². The molecule has 0 saturated carbocycles. The van der Waals surface area contributed by atoms with Gasteiger partial charge in [0.1, 0.15) is 0 Å². The molecular formula is C11H24N2O2. The Balaban J connectivity index is 4.27. The van der Waals surface area contributed by atoms with Gasteiger partial charge in [0.15, 0.2) is 0 Å². The monoisotopic (exact) mass is 216 g/mol. The lowest BCUT2D eigenvalue weighted by Gasteiger charge is -2.28. The minimum atomic E-state index is -0.465. The average molecular weight is 216 g/mol. The van der Waals surface area contributed by atoms with Crippen molar-refractivity contribution in [1.82, 2.24) is 5.32 Å². The van der Waals surface area contributed by atoms with Gasteiger partial charge in [-0.25, -0.2) is 0 Å². The van der Waals surface area contributed by atoms with Crippen molar-refractivity contribution in [3.8, 4) is 0 Å². The van der Waals surface area contributed by atoms with Gasteiger partial charge in [0, 0.05) is 13.1 Å². The fourth-order valence-electron chi connectivity index (χ4n) is 1.49. The Morgan fingerprint density at radius 2 is 1.93 bits per heavy atom. The maximum atomic E-state index is 11.9. The first-order chi connectivity index (χ1) is 7.06. The number of nitrogens with one attached hydrogen (secondary N) is 1. The van der Waals surface area contributed by atoms with Crippen LogP contribution in [0.4, 0.5) is 0 Å². The lowest BCUT2D eigenvalue weighted by molar-refractivity contribution is -0.131. The molecule has 0 aliphatic carbocycles. The first kappa shape index (κ1) is 14.4. The summed E-state index contributed by atoms with van der Waals surface area (Å²) in [6.45, 7) is 6.48. The van der Waals surface area contributed by atoms with Crippen molar-refractivity contribution in [2.75, 3.05) is 13.1 Å². The second-order valence-electron chi connectivity index (χ2n) is 3.96. The zero-order valence-corrected chi connectivity index (χ0v) is 10.0. The van der Waals surface area contributed by atoms with Gasteiger partial charge in [-0.05, 0) is 19.3 Å². The van der Waals surface area contributed by atoms with Crippen LogP contribution in [-0.2, 0) is 4.79 Å². The van der Waals surface area contributed by atoms with Gasteiger partial charge in [0.05, 0.1) is 11.5 Å². The Morgan fingerprint density at radius 3 is 2.27 bits per heavy atom. The molecule has 0 aromatic carbocycles. The summed E-state index contributed by atoms with van der Waals surface area (Å²) in [6, 6.07) is 0. The van der Waals surface area contributed by atoms with Gasteiger partial charge in [-0.2, -0.15) is 0 Å². The SMILES string of the molecule is CCC(O)CNC(=O)C(CC)(CC)CN. The quantitative estimate of drug-likeness (QED) is 0.584. The van der Waals surface area contributed by atoms with Gasteiger partial charge in [0.2, 0.25) is 5.91 Å². The summed E-state index contributed by atoms with van der Waals surface area (Å²) in [7, 11) is 0. The number of aliphatic hydroxyl groups is 1. The standard InChI is InChI=1S/C11H24N2O2/c1-4-9(14)7-13-10(15)11(5-2,6-3)8-12/h9,14H,4-8,12H2,1-3H3,(H,13,15). The van der Waals surface area contributed by atoms with E-state index in [2.05, 4.69) is 5.32 Å². The molecule has 0 radical (unpaired) electrons. The van der Waals surface area contributed by atoms with Crippen LogP contribution in [0.25, 0.3) is 0 Å². The van der Waals surface area contributed by atoms with Crippen LogP contribution in [0.5, 0.6) is 0 Å². The van der Waals surface area contributed by atoms with Crippen molar-refractivity contribution in [1.29, 1.82) is 0 Å². The molecule has 0 heterocycles. The molecule has 0 aliphatic rings. The predicted molar refractivity (Wildman–Crippen MR) is 61.4 cm³/mol. The smallest absolute Gasteiger partial charge is 0.227 e. The van der Waals surface area contributed by atoms with E-state index in [0.717, 1.165) is 12.8 Å². The maximum Gasteiger partial charge on any atom is 0.227 e. The topological polar surface area (TPSA) is 75.3 Å². The van der Waals surface area contributed by atoms with Crippen LogP contribution in [0.3, 0.4) is 0 Å². The third kappa shape index (κ3) is 3.80. The van der Waals surface area contributed by atoms with E-state index in [0.29, 0.717) is 19.5 Å². The van der Waals surface area contributed by atoms with E-state index in [-0.39, 0.29) is 5.91 Å². The van der Waals surface area contributed by atoms with E-state index >= 15 is 0 Å². The molecule has 90 valence electrons. The van der Waals surface area contributed by atoms with Gasteiger partial charge in [0.25, 0.3) is 0 Å². The van der Waals surface area contributed by atoms with Crippen molar-refractivity contribution in [3.63, 3.8) is 0 Å². The van der Waals surface area contributed by atoms with Crippen molar-refractivity contribution >= 4 is 5.91 Å². The molecule has 4 nitrogen and oxygen atoms in total. The molecule has 0 saturated heterocycles. The van der Waals surface area contributed by atoms with Crippen molar-refractivity contribution in [2.45, 2.75) is 46.1 Å². The summed E-state index contributed by atoms with van der Waals surface area (Å²) in [4.78, 5) is 11.9. The number of carbonyl (C=O) groups is 1. The van der Waals surface area contributed by atoms with E-state index in [1.165, 1.54) is 0 Å². The number of amides is 1. The first-order valence-corrected chi connectivity index (χ1v) is 5.72. The minimum absolute atomic E-state index is 0.0394. The predicted octanol–water partition coefficient (Wildman–Crippen LogP) is 0.639. The maximum absolute atomic E-state index is 11.9. The van der Waals surface area contributed by atoms with Crippen molar-refractivity contribution < 1.29 is 9.90 Å². The third-order valence-corrected chi connectivity index (χ3v) is 3.20. The Morgan fingerprint density at radius 1 is 1.40 bits per heavy atom.